The third kappa shape index (κ3) is 6.25. The summed E-state index contributed by atoms with van der Waals surface area (Å²) >= 11 is 2.59. The van der Waals surface area contributed by atoms with Crippen molar-refractivity contribution in [1.29, 1.82) is 0 Å². The Morgan fingerprint density at radius 3 is 2.59 bits per heavy atom. The number of hydrogen-bond donors (Lipinski definition) is 1. The number of primary sulfonamides is 1. The lowest BCUT2D eigenvalue weighted by Crippen LogP contribution is -2.22. The van der Waals surface area contributed by atoms with Crippen molar-refractivity contribution in [3.8, 4) is 0 Å². The van der Waals surface area contributed by atoms with Crippen LogP contribution in [-0.4, -0.2) is 37.7 Å². The summed E-state index contributed by atoms with van der Waals surface area (Å²) in [6.07, 6.45) is 0.741. The van der Waals surface area contributed by atoms with Gasteiger partial charge in [0, 0.05) is 11.3 Å². The molecule has 1 heterocycles. The van der Waals surface area contributed by atoms with Crippen LogP contribution in [0, 0.1) is 5.82 Å². The van der Waals surface area contributed by atoms with Crippen molar-refractivity contribution >= 4 is 55.2 Å². The van der Waals surface area contributed by atoms with Crippen molar-refractivity contribution in [1.82, 2.24) is 4.57 Å². The van der Waals surface area contributed by atoms with E-state index in [9.17, 15) is 22.4 Å². The lowest BCUT2D eigenvalue weighted by atomic mass is 10.3. The van der Waals surface area contributed by atoms with Crippen molar-refractivity contribution in [3.63, 3.8) is 0 Å². The van der Waals surface area contributed by atoms with Gasteiger partial charge < -0.3 is 9.30 Å². The molecule has 3 aromatic rings. The number of benzene rings is 2. The van der Waals surface area contributed by atoms with E-state index in [1.165, 1.54) is 53.8 Å². The van der Waals surface area contributed by atoms with Crippen LogP contribution < -0.4 is 9.94 Å². The molecule has 0 saturated carbocycles. The molecule has 0 aliphatic heterocycles. The van der Waals surface area contributed by atoms with Gasteiger partial charge in [-0.3, -0.25) is 9.59 Å². The maximum Gasteiger partial charge on any atom is 0.325 e. The van der Waals surface area contributed by atoms with Crippen molar-refractivity contribution in [2.75, 3.05) is 12.9 Å². The number of amides is 1. The van der Waals surface area contributed by atoms with E-state index in [4.69, 9.17) is 9.88 Å². The highest BCUT2D eigenvalue weighted by Crippen LogP contribution is 2.22. The minimum atomic E-state index is -3.90. The van der Waals surface area contributed by atoms with Crippen LogP contribution in [0.4, 0.5) is 4.39 Å². The molecule has 0 unspecified atom stereocenters. The Balaban J connectivity index is 1.79. The van der Waals surface area contributed by atoms with Crippen molar-refractivity contribution in [2.24, 2.45) is 10.1 Å². The highest BCUT2D eigenvalue weighted by molar-refractivity contribution is 7.99. The molecule has 170 valence electrons. The number of fused-ring (bicyclic) bond motifs is 1. The van der Waals surface area contributed by atoms with E-state index in [-0.39, 0.29) is 34.4 Å². The number of halogens is 1. The highest BCUT2D eigenvalue weighted by Gasteiger charge is 2.15. The zero-order valence-corrected chi connectivity index (χ0v) is 19.4. The number of hydrogen-bond acceptors (Lipinski definition) is 7. The van der Waals surface area contributed by atoms with Crippen molar-refractivity contribution in [3.05, 3.63) is 53.1 Å². The lowest BCUT2D eigenvalue weighted by Gasteiger charge is -2.04. The fourth-order valence-electron chi connectivity index (χ4n) is 2.77. The number of aromatic nitrogens is 1. The zero-order valence-electron chi connectivity index (χ0n) is 17.0. The first kappa shape index (κ1) is 24.1. The van der Waals surface area contributed by atoms with Crippen LogP contribution in [0.5, 0.6) is 0 Å². The fraction of sp³-hybridized carbons (Fsp3) is 0.250. The van der Waals surface area contributed by atoms with Crippen LogP contribution >= 0.6 is 23.1 Å². The molecule has 0 atom stereocenters. The molecule has 0 spiro atoms. The summed E-state index contributed by atoms with van der Waals surface area (Å²) in [4.78, 5) is 29.5. The predicted molar refractivity (Wildman–Crippen MR) is 120 cm³/mol. The molecule has 1 amide bonds. The molecule has 2 aromatic carbocycles. The molecule has 2 N–H and O–H groups in total. The maximum absolute atomic E-state index is 12.9. The number of thiazole rings is 1. The number of carbonyl (C=O) groups is 2. The molecular weight excluding hydrogens is 477 g/mol. The maximum atomic E-state index is 12.9. The largest absolute Gasteiger partial charge is 0.468 e. The molecule has 0 aliphatic carbocycles. The zero-order chi connectivity index (χ0) is 23.3. The Bertz CT molecular complexity index is 1310. The van der Waals surface area contributed by atoms with Gasteiger partial charge in [-0.15, -0.1) is 11.8 Å². The van der Waals surface area contributed by atoms with Gasteiger partial charge in [0.15, 0.2) is 4.80 Å². The van der Waals surface area contributed by atoms with E-state index in [0.29, 0.717) is 22.4 Å². The molecule has 0 bridgehead atoms. The Labute approximate surface area is 192 Å². The van der Waals surface area contributed by atoms with Gasteiger partial charge in [-0.05, 0) is 54.6 Å². The van der Waals surface area contributed by atoms with E-state index in [2.05, 4.69) is 4.99 Å². The average molecular weight is 498 g/mol. The molecule has 8 nitrogen and oxygen atoms in total. The van der Waals surface area contributed by atoms with Crippen LogP contribution in [0.2, 0.25) is 0 Å². The summed E-state index contributed by atoms with van der Waals surface area (Å²) in [5.74, 6) is -0.561. The molecule has 0 radical (unpaired) electrons. The first-order valence-electron chi connectivity index (χ1n) is 9.36. The summed E-state index contributed by atoms with van der Waals surface area (Å²) in [5.41, 5.74) is 0.534. The number of nitrogens with zero attached hydrogens (tertiary/aromatic N) is 2. The van der Waals surface area contributed by atoms with Crippen LogP contribution in [0.25, 0.3) is 10.2 Å². The van der Waals surface area contributed by atoms with Gasteiger partial charge in [-0.1, -0.05) is 11.3 Å². The Morgan fingerprint density at radius 1 is 1.22 bits per heavy atom. The molecule has 0 fully saturated rings. The molecule has 3 rings (SSSR count). The van der Waals surface area contributed by atoms with E-state index < -0.39 is 16.0 Å². The van der Waals surface area contributed by atoms with E-state index in [1.807, 2.05) is 0 Å². The number of ether oxygens (including phenoxy) is 1. The third-order valence-corrected chi connectivity index (χ3v) is 7.39. The molecule has 0 aliphatic rings. The highest BCUT2D eigenvalue weighted by atomic mass is 32.2. The average Bonchev–Trinajstić information content (AvgIpc) is 3.07. The lowest BCUT2D eigenvalue weighted by molar-refractivity contribution is -0.141. The van der Waals surface area contributed by atoms with Gasteiger partial charge in [0.2, 0.25) is 15.9 Å². The van der Waals surface area contributed by atoms with Crippen LogP contribution in [0.3, 0.4) is 0 Å². The predicted octanol–water partition coefficient (Wildman–Crippen LogP) is 2.66. The summed E-state index contributed by atoms with van der Waals surface area (Å²) in [6, 6.07) is 10.3. The minimum Gasteiger partial charge on any atom is -0.468 e. The summed E-state index contributed by atoms with van der Waals surface area (Å²) < 4.78 is 43.0. The van der Waals surface area contributed by atoms with E-state index in [1.54, 1.807) is 12.1 Å². The summed E-state index contributed by atoms with van der Waals surface area (Å²) in [5, 5.41) is 5.19. The number of sulfonamides is 1. The number of carbonyl (C=O) groups excluding carboxylic acids is 2. The van der Waals surface area contributed by atoms with Crippen LogP contribution in [-0.2, 0) is 30.9 Å². The smallest absolute Gasteiger partial charge is 0.325 e. The second kappa shape index (κ2) is 10.4. The first-order valence-corrected chi connectivity index (χ1v) is 12.7. The number of methoxy groups -OCH3 is 1. The summed E-state index contributed by atoms with van der Waals surface area (Å²) in [6.45, 7) is -0.183. The quantitative estimate of drug-likeness (QED) is 0.290. The van der Waals surface area contributed by atoms with Crippen molar-refractivity contribution < 1.29 is 27.1 Å². The van der Waals surface area contributed by atoms with Crippen LogP contribution in [0.15, 0.2) is 57.2 Å². The van der Waals surface area contributed by atoms with E-state index >= 15 is 0 Å². The normalized spacial score (nSPS) is 12.3. The number of esters is 1. The molecule has 32 heavy (non-hydrogen) atoms. The standard InChI is InChI=1S/C20H20FN3O5S3/c1-29-19(26)12-24-16-9-8-15(32(22,27)28)11-17(16)31-20(24)23-18(25)3-2-10-30-14-6-4-13(21)5-7-14/h4-9,11H,2-3,10,12H2,1H3,(H2,22,27,28). The monoisotopic (exact) mass is 497 g/mol. The third-order valence-electron chi connectivity index (χ3n) is 4.34. The molecule has 12 heteroatoms. The summed E-state index contributed by atoms with van der Waals surface area (Å²) in [7, 11) is -2.66. The Hall–Kier alpha value is -2.54. The number of nitrogens with two attached hydrogens (primary N) is 1. The second-order valence-electron chi connectivity index (χ2n) is 6.63. The number of rotatable bonds is 8. The fourth-order valence-corrected chi connectivity index (χ4v) is 5.32. The van der Waals surface area contributed by atoms with Gasteiger partial charge in [0.25, 0.3) is 0 Å². The molecule has 0 saturated heterocycles. The topological polar surface area (TPSA) is 121 Å². The first-order chi connectivity index (χ1) is 15.2. The van der Waals surface area contributed by atoms with Gasteiger partial charge in [-0.2, -0.15) is 4.99 Å². The van der Waals surface area contributed by atoms with Gasteiger partial charge in [-0.25, -0.2) is 17.9 Å². The van der Waals surface area contributed by atoms with Gasteiger partial charge in [0.05, 0.1) is 22.2 Å². The number of thioether (sulfide) groups is 1. The Kier molecular flexibility index (Phi) is 7.82. The Morgan fingerprint density at radius 2 is 1.94 bits per heavy atom. The SMILES string of the molecule is COC(=O)Cn1c(=NC(=O)CCCSc2ccc(F)cc2)sc2cc(S(N)(=O)=O)ccc21. The second-order valence-corrected chi connectivity index (χ2v) is 10.4. The van der Waals surface area contributed by atoms with E-state index in [0.717, 1.165) is 16.2 Å². The van der Waals surface area contributed by atoms with Crippen molar-refractivity contribution in [2.45, 2.75) is 29.2 Å². The van der Waals surface area contributed by atoms with Gasteiger partial charge in [0.1, 0.15) is 12.4 Å². The van der Waals surface area contributed by atoms with Gasteiger partial charge >= 0.3 is 5.97 Å². The molecular formula is C20H20FN3O5S3. The van der Waals surface area contributed by atoms with Crippen LogP contribution in [0.1, 0.15) is 12.8 Å². The molecule has 1 aromatic heterocycles. The minimum absolute atomic E-state index is 0.0767.